The molecule has 0 atom stereocenters. The zero-order chi connectivity index (χ0) is 23.2. The topological polar surface area (TPSA) is 57.2 Å². The van der Waals surface area contributed by atoms with Crippen molar-refractivity contribution in [2.75, 3.05) is 0 Å². The molecule has 0 aromatic heterocycles. The second-order valence-corrected chi connectivity index (χ2v) is 10.7. The number of rotatable bonds is 17. The van der Waals surface area contributed by atoms with Crippen LogP contribution in [0, 0.1) is 0 Å². The third-order valence-electron chi connectivity index (χ3n) is 6.47. The van der Waals surface area contributed by atoms with Crippen LogP contribution in [0.4, 0.5) is 0 Å². The zero-order valence-corrected chi connectivity index (χ0v) is 25.3. The van der Waals surface area contributed by atoms with Gasteiger partial charge in [0.1, 0.15) is 10.1 Å². The number of aryl methyl sites for hydroxylation is 2. The van der Waals surface area contributed by atoms with Gasteiger partial charge in [-0.25, -0.2) is 8.42 Å². The number of fused-ring (bicyclic) bond motifs is 1. The SMILES string of the molecule is CCCCCCCCCc1ccc2cc(S(=O)(=O)[O-])c(CCCCCCCCC)cc2c1.[K+]. The van der Waals surface area contributed by atoms with E-state index in [1.807, 2.05) is 12.1 Å². The van der Waals surface area contributed by atoms with Crippen molar-refractivity contribution in [3.05, 3.63) is 41.5 Å². The van der Waals surface area contributed by atoms with E-state index in [2.05, 4.69) is 26.0 Å². The van der Waals surface area contributed by atoms with Crippen LogP contribution in [0.3, 0.4) is 0 Å². The number of hydrogen-bond donors (Lipinski definition) is 0. The first kappa shape index (κ1) is 31.3. The van der Waals surface area contributed by atoms with Gasteiger partial charge in [0.15, 0.2) is 0 Å². The van der Waals surface area contributed by atoms with E-state index in [4.69, 9.17) is 0 Å². The number of benzene rings is 2. The van der Waals surface area contributed by atoms with E-state index in [9.17, 15) is 13.0 Å². The van der Waals surface area contributed by atoms with Crippen LogP contribution < -0.4 is 51.4 Å². The summed E-state index contributed by atoms with van der Waals surface area (Å²) in [5.74, 6) is 0. The van der Waals surface area contributed by atoms with Crippen LogP contribution >= 0.6 is 0 Å². The van der Waals surface area contributed by atoms with Gasteiger partial charge >= 0.3 is 51.4 Å². The van der Waals surface area contributed by atoms with Gasteiger partial charge in [-0.1, -0.05) is 109 Å². The molecule has 0 radical (unpaired) electrons. The van der Waals surface area contributed by atoms with E-state index < -0.39 is 10.1 Å². The maximum Gasteiger partial charge on any atom is 1.00 e. The minimum absolute atomic E-state index is 0. The molecule has 0 aliphatic heterocycles. The molecule has 0 heterocycles. The van der Waals surface area contributed by atoms with E-state index in [0.29, 0.717) is 12.0 Å². The van der Waals surface area contributed by atoms with Crippen molar-refractivity contribution < 1.29 is 64.4 Å². The van der Waals surface area contributed by atoms with Gasteiger partial charge in [0.2, 0.25) is 0 Å². The Morgan fingerprint density at radius 2 is 1.15 bits per heavy atom. The summed E-state index contributed by atoms with van der Waals surface area (Å²) in [5, 5.41) is 1.89. The minimum Gasteiger partial charge on any atom is -0.744 e. The Kier molecular flexibility index (Phi) is 16.7. The van der Waals surface area contributed by atoms with E-state index in [0.717, 1.165) is 30.0 Å². The Bertz CT molecular complexity index is 909. The molecule has 0 aliphatic rings. The predicted octanol–water partition coefficient (Wildman–Crippen LogP) is 5.33. The molecule has 0 bridgehead atoms. The minimum atomic E-state index is -4.47. The standard InChI is InChI=1S/C28H44O3S.K/c1-3-5-7-9-11-13-15-17-24-19-20-25-23-28(32(29,30)31)26(22-27(25)21-24)18-16-14-12-10-8-6-4-2;/h19-23H,3-18H2,1-2H3,(H,29,30,31);/q;+1/p-1. The van der Waals surface area contributed by atoms with Gasteiger partial charge in [-0.2, -0.15) is 0 Å². The second kappa shape index (κ2) is 17.6. The molecule has 2 aromatic rings. The first-order valence-corrected chi connectivity index (χ1v) is 14.4. The van der Waals surface area contributed by atoms with Crippen molar-refractivity contribution >= 4 is 20.9 Å². The van der Waals surface area contributed by atoms with Crippen LogP contribution in [0.5, 0.6) is 0 Å². The first-order valence-electron chi connectivity index (χ1n) is 13.0. The molecule has 0 aliphatic carbocycles. The zero-order valence-electron chi connectivity index (χ0n) is 21.3. The molecule has 2 aromatic carbocycles. The largest absolute Gasteiger partial charge is 1.00 e. The normalized spacial score (nSPS) is 11.6. The summed E-state index contributed by atoms with van der Waals surface area (Å²) in [6.07, 6.45) is 19.0. The molecule has 0 saturated carbocycles. The fraction of sp³-hybridized carbons (Fsp3) is 0.643. The summed E-state index contributed by atoms with van der Waals surface area (Å²) in [6.45, 7) is 4.46. The molecule has 0 spiro atoms. The summed E-state index contributed by atoms with van der Waals surface area (Å²) in [6, 6.07) is 9.77. The number of hydrogen-bond acceptors (Lipinski definition) is 3. The predicted molar refractivity (Wildman–Crippen MR) is 135 cm³/mol. The van der Waals surface area contributed by atoms with E-state index in [1.165, 1.54) is 82.6 Å². The summed E-state index contributed by atoms with van der Waals surface area (Å²) >= 11 is 0. The third-order valence-corrected chi connectivity index (χ3v) is 7.39. The fourth-order valence-electron chi connectivity index (χ4n) is 4.52. The fourth-order valence-corrected chi connectivity index (χ4v) is 5.27. The van der Waals surface area contributed by atoms with E-state index >= 15 is 0 Å². The van der Waals surface area contributed by atoms with Gasteiger partial charge < -0.3 is 4.55 Å². The third kappa shape index (κ3) is 12.2. The Morgan fingerprint density at radius 3 is 1.70 bits per heavy atom. The van der Waals surface area contributed by atoms with Gasteiger partial charge in [-0.05, 0) is 59.7 Å². The molecule has 2 rings (SSSR count). The molecule has 3 nitrogen and oxygen atoms in total. The molecule has 180 valence electrons. The Balaban J connectivity index is 0.00000544. The van der Waals surface area contributed by atoms with Crippen LogP contribution in [0.1, 0.15) is 115 Å². The average Bonchev–Trinajstić information content (AvgIpc) is 2.76. The molecule has 5 heteroatoms. The van der Waals surface area contributed by atoms with Gasteiger partial charge in [-0.3, -0.25) is 0 Å². The molecule has 33 heavy (non-hydrogen) atoms. The van der Waals surface area contributed by atoms with Crippen molar-refractivity contribution in [2.24, 2.45) is 0 Å². The van der Waals surface area contributed by atoms with Crippen molar-refractivity contribution in [1.82, 2.24) is 0 Å². The average molecular weight is 499 g/mol. The Labute approximate surface area is 245 Å². The molecule has 0 saturated heterocycles. The second-order valence-electron chi connectivity index (χ2n) is 9.34. The van der Waals surface area contributed by atoms with Crippen LogP contribution in [0.2, 0.25) is 0 Å². The van der Waals surface area contributed by atoms with Crippen LogP contribution in [0.15, 0.2) is 35.2 Å². The van der Waals surface area contributed by atoms with Crippen LogP contribution in [-0.2, 0) is 23.0 Å². The van der Waals surface area contributed by atoms with Crippen LogP contribution in [-0.4, -0.2) is 13.0 Å². The smallest absolute Gasteiger partial charge is 0.744 e. The Hall–Kier alpha value is 0.246. The summed E-state index contributed by atoms with van der Waals surface area (Å²) in [7, 11) is -4.47. The molecular weight excluding hydrogens is 455 g/mol. The van der Waals surface area contributed by atoms with E-state index in [1.54, 1.807) is 6.07 Å². The van der Waals surface area contributed by atoms with Crippen LogP contribution in [0.25, 0.3) is 10.8 Å². The van der Waals surface area contributed by atoms with Crippen molar-refractivity contribution in [3.8, 4) is 0 Å². The summed E-state index contributed by atoms with van der Waals surface area (Å²) in [4.78, 5) is -0.0317. The van der Waals surface area contributed by atoms with Crippen molar-refractivity contribution in [1.29, 1.82) is 0 Å². The molecule has 0 amide bonds. The Morgan fingerprint density at radius 1 is 0.636 bits per heavy atom. The van der Waals surface area contributed by atoms with E-state index in [-0.39, 0.29) is 56.3 Å². The molecular formula is C28H43KO3S. The first-order chi connectivity index (χ1) is 15.5. The maximum absolute atomic E-state index is 11.9. The summed E-state index contributed by atoms with van der Waals surface area (Å²) < 4.78 is 35.7. The van der Waals surface area contributed by atoms with Gasteiger partial charge in [0, 0.05) is 0 Å². The monoisotopic (exact) mass is 498 g/mol. The van der Waals surface area contributed by atoms with Gasteiger partial charge in [0.25, 0.3) is 0 Å². The van der Waals surface area contributed by atoms with Crippen molar-refractivity contribution in [2.45, 2.75) is 121 Å². The summed E-state index contributed by atoms with van der Waals surface area (Å²) in [5.41, 5.74) is 1.99. The quantitative estimate of drug-likeness (QED) is 0.168. The molecule has 0 N–H and O–H groups in total. The molecule has 0 unspecified atom stereocenters. The molecule has 0 fully saturated rings. The van der Waals surface area contributed by atoms with Crippen molar-refractivity contribution in [3.63, 3.8) is 0 Å². The van der Waals surface area contributed by atoms with Gasteiger partial charge in [0.05, 0.1) is 4.90 Å². The van der Waals surface area contributed by atoms with Gasteiger partial charge in [-0.15, -0.1) is 0 Å². The number of unbranched alkanes of at least 4 members (excludes halogenated alkanes) is 12. The maximum atomic E-state index is 11.9.